The second-order valence-electron chi connectivity index (χ2n) is 1.95. The lowest BCUT2D eigenvalue weighted by atomic mass is 10.3. The monoisotopic (exact) mass is 144 g/mol. The number of hydrogen-bond acceptors (Lipinski definition) is 3. The summed E-state index contributed by atoms with van der Waals surface area (Å²) in [4.78, 5) is 10.4. The molecule has 0 amide bonds. The minimum atomic E-state index is -0.496. The highest BCUT2D eigenvalue weighted by molar-refractivity contribution is 5.70. The molecule has 0 aromatic heterocycles. The van der Waals surface area contributed by atoms with Crippen LogP contribution >= 0.6 is 0 Å². The molecule has 0 spiro atoms. The smallest absolute Gasteiger partial charge is 0.309 e. The molecular weight excluding hydrogens is 132 g/mol. The summed E-state index contributed by atoms with van der Waals surface area (Å²) in [6.07, 6.45) is 2.85. The molecule has 0 rings (SSSR count). The van der Waals surface area contributed by atoms with E-state index in [2.05, 4.69) is 4.74 Å². The van der Waals surface area contributed by atoms with Crippen molar-refractivity contribution in [3.05, 3.63) is 12.2 Å². The maximum Gasteiger partial charge on any atom is 0.309 e. The predicted octanol–water partition coefficient (Wildman–Crippen LogP) is 0.486. The van der Waals surface area contributed by atoms with Gasteiger partial charge >= 0.3 is 5.97 Å². The molecule has 0 aromatic rings. The summed E-state index contributed by atoms with van der Waals surface area (Å²) >= 11 is 0. The quantitative estimate of drug-likeness (QED) is 0.463. The highest BCUT2D eigenvalue weighted by Crippen LogP contribution is 1.89. The van der Waals surface area contributed by atoms with Gasteiger partial charge in [0.2, 0.25) is 0 Å². The molecule has 1 N–H and O–H groups in total. The summed E-state index contributed by atoms with van der Waals surface area (Å²) in [5.41, 5.74) is 0. The van der Waals surface area contributed by atoms with Crippen LogP contribution in [-0.4, -0.2) is 24.3 Å². The maximum absolute atomic E-state index is 10.4. The van der Waals surface area contributed by atoms with Gasteiger partial charge in [0.25, 0.3) is 0 Å². The van der Waals surface area contributed by atoms with Crippen LogP contribution in [0.4, 0.5) is 0 Å². The molecule has 58 valence electrons. The molecule has 0 aromatic carbocycles. The van der Waals surface area contributed by atoms with Crippen molar-refractivity contribution in [3.8, 4) is 0 Å². The second-order valence-corrected chi connectivity index (χ2v) is 1.95. The summed E-state index contributed by atoms with van der Waals surface area (Å²) in [6, 6.07) is 0. The van der Waals surface area contributed by atoms with Crippen molar-refractivity contribution >= 4 is 5.97 Å². The molecule has 0 aliphatic heterocycles. The first-order valence-electron chi connectivity index (χ1n) is 3.08. The molecule has 0 saturated heterocycles. The lowest BCUT2D eigenvalue weighted by Gasteiger charge is -1.93. The fourth-order valence-corrected chi connectivity index (χ4v) is 0.445. The van der Waals surface area contributed by atoms with Gasteiger partial charge in [-0.25, -0.2) is 0 Å². The van der Waals surface area contributed by atoms with E-state index in [-0.39, 0.29) is 12.4 Å². The number of ether oxygens (including phenoxy) is 1. The zero-order chi connectivity index (χ0) is 7.98. The minimum absolute atomic E-state index is 0.224. The third kappa shape index (κ3) is 5.31. The van der Waals surface area contributed by atoms with Gasteiger partial charge in [0.15, 0.2) is 0 Å². The average Bonchev–Trinajstić information content (AvgIpc) is 1.87. The van der Waals surface area contributed by atoms with Crippen LogP contribution in [0.15, 0.2) is 12.2 Å². The highest BCUT2D eigenvalue weighted by Gasteiger charge is 1.93. The number of methoxy groups -OCH3 is 1. The Bertz CT molecular complexity index is 127. The molecule has 0 heterocycles. The molecule has 0 unspecified atom stereocenters. The Hall–Kier alpha value is -0.830. The zero-order valence-electron chi connectivity index (χ0n) is 6.20. The molecule has 0 aliphatic rings. The molecular formula is C7H12O3. The van der Waals surface area contributed by atoms with Crippen molar-refractivity contribution in [2.45, 2.75) is 19.4 Å². The van der Waals surface area contributed by atoms with Crippen LogP contribution in [0.3, 0.4) is 0 Å². The van der Waals surface area contributed by atoms with E-state index in [9.17, 15) is 4.79 Å². The van der Waals surface area contributed by atoms with E-state index >= 15 is 0 Å². The SMILES string of the molecule is COC(=O)C/C=C/[C@@H](C)O. The molecule has 1 atom stereocenters. The third-order valence-electron chi connectivity index (χ3n) is 0.927. The summed E-state index contributed by atoms with van der Waals surface area (Å²) in [6.45, 7) is 1.62. The van der Waals surface area contributed by atoms with Gasteiger partial charge in [-0.2, -0.15) is 0 Å². The Morgan fingerprint density at radius 2 is 2.40 bits per heavy atom. The van der Waals surface area contributed by atoms with Crippen molar-refractivity contribution in [3.63, 3.8) is 0 Å². The predicted molar refractivity (Wildman–Crippen MR) is 37.5 cm³/mol. The van der Waals surface area contributed by atoms with Crippen LogP contribution in [0.2, 0.25) is 0 Å². The minimum Gasteiger partial charge on any atom is -0.469 e. The molecule has 3 nitrogen and oxygen atoms in total. The molecule has 0 radical (unpaired) electrons. The van der Waals surface area contributed by atoms with Crippen molar-refractivity contribution in [2.75, 3.05) is 7.11 Å². The van der Waals surface area contributed by atoms with Crippen LogP contribution in [-0.2, 0) is 9.53 Å². The topological polar surface area (TPSA) is 46.5 Å². The second kappa shape index (κ2) is 4.99. The zero-order valence-corrected chi connectivity index (χ0v) is 6.20. The van der Waals surface area contributed by atoms with Crippen LogP contribution < -0.4 is 0 Å². The fourth-order valence-electron chi connectivity index (χ4n) is 0.445. The Kier molecular flexibility index (Phi) is 4.58. The molecule has 0 fully saturated rings. The number of carbonyl (C=O) groups excluding carboxylic acids is 1. The van der Waals surface area contributed by atoms with Crippen molar-refractivity contribution in [2.24, 2.45) is 0 Å². The number of aliphatic hydroxyl groups is 1. The van der Waals surface area contributed by atoms with E-state index in [0.717, 1.165) is 0 Å². The van der Waals surface area contributed by atoms with Crippen LogP contribution in [0.5, 0.6) is 0 Å². The highest BCUT2D eigenvalue weighted by atomic mass is 16.5. The van der Waals surface area contributed by atoms with Crippen molar-refractivity contribution in [1.29, 1.82) is 0 Å². The van der Waals surface area contributed by atoms with Gasteiger partial charge in [-0.15, -0.1) is 0 Å². The first kappa shape index (κ1) is 9.17. The van der Waals surface area contributed by atoms with Crippen LogP contribution in [0.25, 0.3) is 0 Å². The van der Waals surface area contributed by atoms with Gasteiger partial charge in [-0.3, -0.25) is 4.79 Å². The van der Waals surface area contributed by atoms with Gasteiger partial charge in [0, 0.05) is 0 Å². The van der Waals surface area contributed by atoms with Gasteiger partial charge < -0.3 is 9.84 Å². The Morgan fingerprint density at radius 3 is 2.80 bits per heavy atom. The molecule has 3 heteroatoms. The summed E-state index contributed by atoms with van der Waals surface area (Å²) in [7, 11) is 1.33. The number of carbonyl (C=O) groups is 1. The van der Waals surface area contributed by atoms with E-state index in [1.54, 1.807) is 13.0 Å². The summed E-state index contributed by atoms with van der Waals surface area (Å²) in [5.74, 6) is -0.295. The van der Waals surface area contributed by atoms with E-state index < -0.39 is 6.10 Å². The normalized spacial score (nSPS) is 13.5. The standard InChI is InChI=1S/C7H12O3/c1-6(8)4-3-5-7(9)10-2/h3-4,6,8H,5H2,1-2H3/b4-3+/t6-/m1/s1. The largest absolute Gasteiger partial charge is 0.469 e. The number of aliphatic hydroxyl groups excluding tert-OH is 1. The molecule has 0 bridgehead atoms. The number of esters is 1. The van der Waals surface area contributed by atoms with Gasteiger partial charge in [0.1, 0.15) is 0 Å². The van der Waals surface area contributed by atoms with Crippen molar-refractivity contribution < 1.29 is 14.6 Å². The molecule has 0 aliphatic carbocycles. The first-order chi connectivity index (χ1) is 4.66. The Labute approximate surface area is 60.3 Å². The van der Waals surface area contributed by atoms with Gasteiger partial charge in [-0.05, 0) is 6.92 Å². The Balaban J connectivity index is 3.43. The van der Waals surface area contributed by atoms with Gasteiger partial charge in [0.05, 0.1) is 19.6 Å². The lowest BCUT2D eigenvalue weighted by molar-refractivity contribution is -0.139. The van der Waals surface area contributed by atoms with E-state index in [0.29, 0.717) is 0 Å². The molecule has 0 saturated carbocycles. The number of rotatable bonds is 3. The summed E-state index contributed by atoms with van der Waals surface area (Å²) in [5, 5.41) is 8.70. The van der Waals surface area contributed by atoms with Crippen LogP contribution in [0, 0.1) is 0 Å². The number of hydrogen-bond donors (Lipinski definition) is 1. The van der Waals surface area contributed by atoms with E-state index in [1.807, 2.05) is 0 Å². The first-order valence-corrected chi connectivity index (χ1v) is 3.08. The molecule has 10 heavy (non-hydrogen) atoms. The third-order valence-corrected chi connectivity index (χ3v) is 0.927. The summed E-state index contributed by atoms with van der Waals surface area (Å²) < 4.78 is 4.36. The van der Waals surface area contributed by atoms with E-state index in [4.69, 9.17) is 5.11 Å². The Morgan fingerprint density at radius 1 is 1.80 bits per heavy atom. The fraction of sp³-hybridized carbons (Fsp3) is 0.571. The van der Waals surface area contributed by atoms with Crippen LogP contribution in [0.1, 0.15) is 13.3 Å². The average molecular weight is 144 g/mol. The lowest BCUT2D eigenvalue weighted by Crippen LogP contribution is -1.98. The maximum atomic E-state index is 10.4. The van der Waals surface area contributed by atoms with Gasteiger partial charge in [-0.1, -0.05) is 12.2 Å². The van der Waals surface area contributed by atoms with E-state index in [1.165, 1.54) is 13.2 Å². The van der Waals surface area contributed by atoms with Crippen molar-refractivity contribution in [1.82, 2.24) is 0 Å².